The summed E-state index contributed by atoms with van der Waals surface area (Å²) >= 11 is 0. The Morgan fingerprint density at radius 2 is 2.05 bits per heavy atom. The van der Waals surface area contributed by atoms with E-state index in [0.29, 0.717) is 0 Å². The summed E-state index contributed by atoms with van der Waals surface area (Å²) < 4.78 is 37.4. The summed E-state index contributed by atoms with van der Waals surface area (Å²) in [6.45, 7) is 0. The summed E-state index contributed by atoms with van der Waals surface area (Å²) in [6, 6.07) is 4.82. The van der Waals surface area contributed by atoms with Gasteiger partial charge in [0.15, 0.2) is 0 Å². The summed E-state index contributed by atoms with van der Waals surface area (Å²) in [6.07, 6.45) is 4.00. The van der Waals surface area contributed by atoms with E-state index in [1.807, 2.05) is 6.08 Å². The van der Waals surface area contributed by atoms with Crippen molar-refractivity contribution in [1.82, 2.24) is 0 Å². The highest BCUT2D eigenvalue weighted by molar-refractivity contribution is 5.79. The number of rotatable bonds is 3. The van der Waals surface area contributed by atoms with Gasteiger partial charge in [-0.05, 0) is 37.5 Å². The topological polar surface area (TPSA) is 21.6 Å². The number of hydrogen-bond acceptors (Lipinski definition) is 2. The van der Waals surface area contributed by atoms with Crippen molar-refractivity contribution in [3.63, 3.8) is 0 Å². The molecular formula is C14H13F3NO. The Bertz CT molecular complexity index is 492. The van der Waals surface area contributed by atoms with Crippen LogP contribution < -0.4 is 0 Å². The van der Waals surface area contributed by atoms with E-state index in [1.54, 1.807) is 0 Å². The Morgan fingerprint density at radius 1 is 1.21 bits per heavy atom. The largest absolute Gasteiger partial charge is 0.416 e. The Morgan fingerprint density at radius 3 is 2.74 bits per heavy atom. The van der Waals surface area contributed by atoms with Crippen molar-refractivity contribution in [2.75, 3.05) is 0 Å². The van der Waals surface area contributed by atoms with E-state index < -0.39 is 11.7 Å². The van der Waals surface area contributed by atoms with Gasteiger partial charge in [-0.25, -0.2) is 0 Å². The zero-order chi connectivity index (χ0) is 13.7. The molecule has 0 saturated heterocycles. The molecule has 0 amide bonds. The Balaban J connectivity index is 2.00. The summed E-state index contributed by atoms with van der Waals surface area (Å²) in [5.41, 5.74) is -0.476. The lowest BCUT2D eigenvalue weighted by Gasteiger charge is -2.09. The van der Waals surface area contributed by atoms with Crippen LogP contribution in [-0.2, 0) is 11.0 Å². The molecule has 1 radical (unpaired) electrons. The first kappa shape index (κ1) is 13.6. The van der Waals surface area contributed by atoms with E-state index >= 15 is 0 Å². The first-order chi connectivity index (χ1) is 9.05. The minimum absolute atomic E-state index is 0.242. The van der Waals surface area contributed by atoms with Gasteiger partial charge in [-0.1, -0.05) is 17.3 Å². The number of allylic oxidation sites excluding steroid dienone is 2. The summed E-state index contributed by atoms with van der Waals surface area (Å²) in [4.78, 5) is 5.11. The van der Waals surface area contributed by atoms with Crippen LogP contribution in [-0.4, -0.2) is 6.21 Å². The Hall–Kier alpha value is -1.78. The molecule has 2 rings (SSSR count). The predicted molar refractivity (Wildman–Crippen MR) is 65.6 cm³/mol. The average Bonchev–Trinajstić information content (AvgIpc) is 2.39. The Kier molecular flexibility index (Phi) is 4.24. The molecule has 0 atom stereocenters. The van der Waals surface area contributed by atoms with Crippen molar-refractivity contribution in [3.05, 3.63) is 47.2 Å². The normalized spacial score (nSPS) is 16.5. The smallest absolute Gasteiger partial charge is 0.361 e. The summed E-state index contributed by atoms with van der Waals surface area (Å²) in [5, 5.41) is 3.60. The van der Waals surface area contributed by atoms with Crippen LogP contribution >= 0.6 is 0 Å². The molecule has 0 fully saturated rings. The molecule has 0 N–H and O–H groups in total. The van der Waals surface area contributed by atoms with Crippen LogP contribution in [0.5, 0.6) is 0 Å². The van der Waals surface area contributed by atoms with E-state index in [1.165, 1.54) is 12.1 Å². The third kappa shape index (κ3) is 4.12. The molecule has 5 heteroatoms. The third-order valence-electron chi connectivity index (χ3n) is 2.78. The average molecular weight is 268 g/mol. The van der Waals surface area contributed by atoms with Crippen molar-refractivity contribution in [2.24, 2.45) is 5.16 Å². The van der Waals surface area contributed by atoms with Crippen LogP contribution in [0.3, 0.4) is 0 Å². The lowest BCUT2D eigenvalue weighted by molar-refractivity contribution is -0.137. The minimum Gasteiger partial charge on any atom is -0.361 e. The molecule has 1 aliphatic carbocycles. The molecule has 101 valence electrons. The molecule has 1 aromatic rings. The molecule has 1 aromatic carbocycles. The van der Waals surface area contributed by atoms with Crippen molar-refractivity contribution in [2.45, 2.75) is 31.9 Å². The van der Waals surface area contributed by atoms with Crippen LogP contribution in [0.1, 0.15) is 36.8 Å². The Labute approximate surface area is 109 Å². The lowest BCUT2D eigenvalue weighted by Crippen LogP contribution is -2.05. The second kappa shape index (κ2) is 5.91. The summed E-state index contributed by atoms with van der Waals surface area (Å²) in [5.74, 6) is 0.755. The van der Waals surface area contributed by atoms with Gasteiger partial charge in [0.1, 0.15) is 12.0 Å². The van der Waals surface area contributed by atoms with Crippen molar-refractivity contribution in [3.8, 4) is 0 Å². The third-order valence-corrected chi connectivity index (χ3v) is 2.78. The van der Waals surface area contributed by atoms with Crippen molar-refractivity contribution in [1.29, 1.82) is 0 Å². The lowest BCUT2D eigenvalue weighted by atomic mass is 10.1. The van der Waals surface area contributed by atoms with Gasteiger partial charge < -0.3 is 4.84 Å². The van der Waals surface area contributed by atoms with Gasteiger partial charge in [0, 0.05) is 12.0 Å². The molecule has 19 heavy (non-hydrogen) atoms. The van der Waals surface area contributed by atoms with Crippen LogP contribution in [0.4, 0.5) is 13.2 Å². The van der Waals surface area contributed by atoms with E-state index in [9.17, 15) is 13.2 Å². The minimum atomic E-state index is -4.36. The van der Waals surface area contributed by atoms with E-state index in [4.69, 9.17) is 4.84 Å². The van der Waals surface area contributed by atoms with Crippen LogP contribution in [0.2, 0.25) is 0 Å². The number of benzene rings is 1. The molecule has 0 aliphatic heterocycles. The van der Waals surface area contributed by atoms with Gasteiger partial charge in [0.2, 0.25) is 0 Å². The zero-order valence-electron chi connectivity index (χ0n) is 10.2. The molecular weight excluding hydrogens is 255 g/mol. The quantitative estimate of drug-likeness (QED) is 0.588. The van der Waals surface area contributed by atoms with Gasteiger partial charge in [0.05, 0.1) is 5.56 Å². The van der Waals surface area contributed by atoms with Gasteiger partial charge in [-0.15, -0.1) is 0 Å². The molecule has 2 nitrogen and oxygen atoms in total. The standard InChI is InChI=1S/C14H13F3NO/c15-14(16,17)12-6-4-5-11(9-12)10-18-19-13-7-2-1-3-8-13/h4-7,9H,1-3,8H2. The SMILES string of the molecule is FC(F)(F)c1cccc([C]=NOC2=CCCCC2)c1. The van der Waals surface area contributed by atoms with E-state index in [-0.39, 0.29) is 5.56 Å². The van der Waals surface area contributed by atoms with E-state index in [2.05, 4.69) is 11.4 Å². The van der Waals surface area contributed by atoms with Crippen LogP contribution in [0.25, 0.3) is 0 Å². The van der Waals surface area contributed by atoms with Gasteiger partial charge in [-0.2, -0.15) is 13.2 Å². The fourth-order valence-electron chi connectivity index (χ4n) is 1.79. The number of halogens is 3. The van der Waals surface area contributed by atoms with Crippen LogP contribution in [0, 0.1) is 0 Å². The maximum atomic E-state index is 12.5. The first-order valence-electron chi connectivity index (χ1n) is 6.05. The number of alkyl halides is 3. The molecule has 0 aromatic heterocycles. The second-order valence-electron chi connectivity index (χ2n) is 4.29. The van der Waals surface area contributed by atoms with E-state index in [0.717, 1.165) is 43.6 Å². The van der Waals surface area contributed by atoms with Gasteiger partial charge >= 0.3 is 6.18 Å². The molecule has 0 bridgehead atoms. The van der Waals surface area contributed by atoms with Gasteiger partial charge in [0.25, 0.3) is 0 Å². The monoisotopic (exact) mass is 268 g/mol. The fourth-order valence-corrected chi connectivity index (χ4v) is 1.79. The maximum absolute atomic E-state index is 12.5. The predicted octanol–water partition coefficient (Wildman–Crippen LogP) is 4.39. The highest BCUT2D eigenvalue weighted by atomic mass is 19.4. The molecule has 0 spiro atoms. The highest BCUT2D eigenvalue weighted by Crippen LogP contribution is 2.29. The zero-order valence-corrected chi connectivity index (χ0v) is 10.2. The molecule has 0 heterocycles. The number of nitrogens with zero attached hydrogens (tertiary/aromatic N) is 1. The fraction of sp³-hybridized carbons (Fsp3) is 0.357. The first-order valence-corrected chi connectivity index (χ1v) is 6.05. The highest BCUT2D eigenvalue weighted by Gasteiger charge is 2.30. The van der Waals surface area contributed by atoms with Gasteiger partial charge in [-0.3, -0.25) is 0 Å². The summed E-state index contributed by atoms with van der Waals surface area (Å²) in [7, 11) is 0. The molecule has 0 saturated carbocycles. The molecule has 0 unspecified atom stereocenters. The second-order valence-corrected chi connectivity index (χ2v) is 4.29. The van der Waals surface area contributed by atoms with Crippen molar-refractivity contribution < 1.29 is 18.0 Å². The molecule has 1 aliphatic rings. The van der Waals surface area contributed by atoms with Crippen molar-refractivity contribution >= 4 is 6.21 Å². The maximum Gasteiger partial charge on any atom is 0.416 e. The number of hydrogen-bond donors (Lipinski definition) is 0. The van der Waals surface area contributed by atoms with Crippen LogP contribution in [0.15, 0.2) is 41.3 Å².